The summed E-state index contributed by atoms with van der Waals surface area (Å²) in [6.45, 7) is 6.25. The molecule has 0 saturated carbocycles. The average Bonchev–Trinajstić information content (AvgIpc) is 2.96. The van der Waals surface area contributed by atoms with Gasteiger partial charge in [-0.15, -0.1) is 0 Å². The van der Waals surface area contributed by atoms with Gasteiger partial charge in [0.05, 0.1) is 31.0 Å². The smallest absolute Gasteiger partial charge is 0.256 e. The molecule has 6 nitrogen and oxygen atoms in total. The number of benzene rings is 1. The fraction of sp³-hybridized carbons (Fsp3) is 0.412. The average molecular weight is 349 g/mol. The highest BCUT2D eigenvalue weighted by Gasteiger charge is 2.20. The first-order valence-electron chi connectivity index (χ1n) is 7.77. The normalized spacial score (nSPS) is 11.7. The first kappa shape index (κ1) is 18.1. The standard InChI is InChI=1S/C17H23N3O3S/c1-6-23-13-8-7-12(9-14(13)22-5)10(2)19-16(21)15-11(3)20-24-17(15)18-4/h7-10,18H,6H2,1-5H3,(H,19,21)/t10-/m1/s1. The molecule has 1 atom stereocenters. The van der Waals surface area contributed by atoms with Crippen LogP contribution in [0.1, 0.15) is 41.5 Å². The summed E-state index contributed by atoms with van der Waals surface area (Å²) in [6.07, 6.45) is 0. The zero-order valence-electron chi connectivity index (χ0n) is 14.6. The molecule has 0 aliphatic rings. The molecule has 0 bridgehead atoms. The van der Waals surface area contributed by atoms with E-state index in [0.29, 0.717) is 23.7 Å². The fourth-order valence-corrected chi connectivity index (χ4v) is 3.13. The van der Waals surface area contributed by atoms with Gasteiger partial charge in [0.2, 0.25) is 0 Å². The largest absolute Gasteiger partial charge is 0.493 e. The maximum absolute atomic E-state index is 12.6. The number of hydrogen-bond donors (Lipinski definition) is 2. The van der Waals surface area contributed by atoms with Crippen LogP contribution in [0.25, 0.3) is 0 Å². The van der Waals surface area contributed by atoms with Crippen LogP contribution in [0.2, 0.25) is 0 Å². The lowest BCUT2D eigenvalue weighted by atomic mass is 10.1. The first-order chi connectivity index (χ1) is 11.5. The molecule has 2 N–H and O–H groups in total. The van der Waals surface area contributed by atoms with Gasteiger partial charge in [-0.25, -0.2) is 0 Å². The van der Waals surface area contributed by atoms with Crippen molar-refractivity contribution in [1.82, 2.24) is 9.69 Å². The number of methoxy groups -OCH3 is 1. The number of ether oxygens (including phenoxy) is 2. The van der Waals surface area contributed by atoms with Crippen molar-refractivity contribution in [1.29, 1.82) is 0 Å². The lowest BCUT2D eigenvalue weighted by molar-refractivity contribution is 0.0940. The van der Waals surface area contributed by atoms with Gasteiger partial charge in [-0.2, -0.15) is 4.37 Å². The number of nitrogens with zero attached hydrogens (tertiary/aromatic N) is 1. The predicted octanol–water partition coefficient (Wildman–Crippen LogP) is 3.39. The molecule has 0 spiro atoms. The highest BCUT2D eigenvalue weighted by molar-refractivity contribution is 7.10. The van der Waals surface area contributed by atoms with Crippen molar-refractivity contribution in [3.63, 3.8) is 0 Å². The van der Waals surface area contributed by atoms with Crippen molar-refractivity contribution in [2.45, 2.75) is 26.8 Å². The van der Waals surface area contributed by atoms with E-state index < -0.39 is 0 Å². The summed E-state index contributed by atoms with van der Waals surface area (Å²) < 4.78 is 15.1. The summed E-state index contributed by atoms with van der Waals surface area (Å²) >= 11 is 1.28. The zero-order chi connectivity index (χ0) is 17.7. The van der Waals surface area contributed by atoms with Crippen LogP contribution >= 0.6 is 11.5 Å². The van der Waals surface area contributed by atoms with Crippen LogP contribution in [-0.4, -0.2) is 31.0 Å². The topological polar surface area (TPSA) is 72.5 Å². The van der Waals surface area contributed by atoms with Crippen molar-refractivity contribution >= 4 is 22.4 Å². The van der Waals surface area contributed by atoms with E-state index in [9.17, 15) is 4.79 Å². The second kappa shape index (κ2) is 8.01. The summed E-state index contributed by atoms with van der Waals surface area (Å²) in [7, 11) is 3.38. The minimum absolute atomic E-state index is 0.147. The second-order valence-corrected chi connectivity index (χ2v) is 6.03. The van der Waals surface area contributed by atoms with Crippen LogP contribution in [-0.2, 0) is 0 Å². The summed E-state index contributed by atoms with van der Waals surface area (Å²) in [5, 5.41) is 6.78. The molecule has 0 fully saturated rings. The van der Waals surface area contributed by atoms with Crippen LogP contribution in [0, 0.1) is 6.92 Å². The van der Waals surface area contributed by atoms with Gasteiger partial charge in [0.1, 0.15) is 5.00 Å². The molecule has 130 valence electrons. The maximum atomic E-state index is 12.6. The third-order valence-electron chi connectivity index (χ3n) is 3.65. The summed E-state index contributed by atoms with van der Waals surface area (Å²) in [5.74, 6) is 1.20. The van der Waals surface area contributed by atoms with Crippen LogP contribution < -0.4 is 20.1 Å². The van der Waals surface area contributed by atoms with Gasteiger partial charge < -0.3 is 20.1 Å². The van der Waals surface area contributed by atoms with E-state index in [1.807, 2.05) is 39.0 Å². The zero-order valence-corrected chi connectivity index (χ0v) is 15.4. The Hall–Kier alpha value is -2.28. The monoisotopic (exact) mass is 349 g/mol. The molecular formula is C17H23N3O3S. The van der Waals surface area contributed by atoms with Gasteiger partial charge in [-0.1, -0.05) is 6.07 Å². The van der Waals surface area contributed by atoms with E-state index in [1.54, 1.807) is 14.2 Å². The number of amides is 1. The Morgan fingerprint density at radius 1 is 1.38 bits per heavy atom. The first-order valence-corrected chi connectivity index (χ1v) is 8.54. The Balaban J connectivity index is 2.18. The number of aryl methyl sites for hydroxylation is 1. The van der Waals surface area contributed by atoms with Crippen molar-refractivity contribution in [3.8, 4) is 11.5 Å². The maximum Gasteiger partial charge on any atom is 0.256 e. The van der Waals surface area contributed by atoms with Crippen LogP contribution in [0.4, 0.5) is 5.00 Å². The van der Waals surface area contributed by atoms with E-state index >= 15 is 0 Å². The molecule has 24 heavy (non-hydrogen) atoms. The Morgan fingerprint density at radius 3 is 2.75 bits per heavy atom. The number of rotatable bonds is 7. The van der Waals surface area contributed by atoms with Gasteiger partial charge >= 0.3 is 0 Å². The van der Waals surface area contributed by atoms with Crippen molar-refractivity contribution < 1.29 is 14.3 Å². The number of nitrogens with one attached hydrogen (secondary N) is 2. The Morgan fingerprint density at radius 2 is 2.12 bits per heavy atom. The van der Waals surface area contributed by atoms with Crippen LogP contribution in [0.3, 0.4) is 0 Å². The molecule has 1 amide bonds. The Labute approximate surface area is 146 Å². The number of carbonyl (C=O) groups is 1. The summed E-state index contributed by atoms with van der Waals surface area (Å²) in [4.78, 5) is 12.6. The molecule has 1 aromatic carbocycles. The highest BCUT2D eigenvalue weighted by atomic mass is 32.1. The van der Waals surface area contributed by atoms with Crippen LogP contribution in [0.5, 0.6) is 11.5 Å². The van der Waals surface area contributed by atoms with Crippen LogP contribution in [0.15, 0.2) is 18.2 Å². The molecule has 1 heterocycles. The van der Waals surface area contributed by atoms with Crippen molar-refractivity contribution in [2.75, 3.05) is 26.1 Å². The number of carbonyl (C=O) groups excluding carboxylic acids is 1. The van der Waals surface area contributed by atoms with Gasteiger partial charge in [0, 0.05) is 7.05 Å². The lowest BCUT2D eigenvalue weighted by Crippen LogP contribution is -2.27. The molecule has 7 heteroatoms. The lowest BCUT2D eigenvalue weighted by Gasteiger charge is -2.17. The number of hydrogen-bond acceptors (Lipinski definition) is 6. The van der Waals surface area contributed by atoms with E-state index in [4.69, 9.17) is 9.47 Å². The van der Waals surface area contributed by atoms with Crippen molar-refractivity contribution in [2.24, 2.45) is 0 Å². The molecule has 0 radical (unpaired) electrons. The van der Waals surface area contributed by atoms with E-state index in [1.165, 1.54) is 11.5 Å². The third-order valence-corrected chi connectivity index (χ3v) is 4.61. The van der Waals surface area contributed by atoms with E-state index in [2.05, 4.69) is 15.0 Å². The fourth-order valence-electron chi connectivity index (χ4n) is 2.39. The molecular weight excluding hydrogens is 326 g/mol. The molecule has 0 aliphatic carbocycles. The summed E-state index contributed by atoms with van der Waals surface area (Å²) in [6, 6.07) is 5.49. The second-order valence-electron chi connectivity index (χ2n) is 5.26. The Kier molecular flexibility index (Phi) is 6.03. The SMILES string of the molecule is CCOc1ccc([C@@H](C)NC(=O)c2c(C)nsc2NC)cc1OC. The van der Waals surface area contributed by atoms with Gasteiger partial charge in [0.25, 0.3) is 5.91 Å². The number of aromatic nitrogens is 1. The quantitative estimate of drug-likeness (QED) is 0.802. The molecule has 0 unspecified atom stereocenters. The minimum atomic E-state index is -0.175. The van der Waals surface area contributed by atoms with Gasteiger partial charge in [-0.05, 0) is 50.0 Å². The molecule has 0 saturated heterocycles. The molecule has 0 aliphatic heterocycles. The van der Waals surface area contributed by atoms with Gasteiger partial charge in [0.15, 0.2) is 11.5 Å². The minimum Gasteiger partial charge on any atom is -0.493 e. The van der Waals surface area contributed by atoms with Gasteiger partial charge in [-0.3, -0.25) is 4.79 Å². The molecule has 2 rings (SSSR count). The number of anilines is 1. The predicted molar refractivity (Wildman–Crippen MR) is 96.4 cm³/mol. The van der Waals surface area contributed by atoms with Crippen molar-refractivity contribution in [3.05, 3.63) is 35.0 Å². The highest BCUT2D eigenvalue weighted by Crippen LogP contribution is 2.31. The third kappa shape index (κ3) is 3.79. The van der Waals surface area contributed by atoms with E-state index in [0.717, 1.165) is 16.3 Å². The molecule has 1 aromatic heterocycles. The Bertz CT molecular complexity index is 715. The summed E-state index contributed by atoms with van der Waals surface area (Å²) in [5.41, 5.74) is 2.25. The molecule has 2 aromatic rings. The van der Waals surface area contributed by atoms with E-state index in [-0.39, 0.29) is 11.9 Å².